The Kier molecular flexibility index (Phi) is 4.25. The summed E-state index contributed by atoms with van der Waals surface area (Å²) in [6.45, 7) is 7.59. The van der Waals surface area contributed by atoms with Crippen molar-refractivity contribution in [2.75, 3.05) is 39.4 Å². The number of hydrogen-bond donors (Lipinski definition) is 2. The first kappa shape index (κ1) is 13.8. The third kappa shape index (κ3) is 2.39. The molecule has 0 aromatic carbocycles. The first-order chi connectivity index (χ1) is 8.60. The first-order valence-electron chi connectivity index (χ1n) is 6.82. The van der Waals surface area contributed by atoms with Gasteiger partial charge in [-0.3, -0.25) is 4.79 Å². The van der Waals surface area contributed by atoms with E-state index in [-0.39, 0.29) is 24.0 Å². The highest BCUT2D eigenvalue weighted by Crippen LogP contribution is 2.36. The Balaban J connectivity index is 2.09. The molecule has 104 valence electrons. The molecule has 5 nitrogen and oxygen atoms in total. The highest BCUT2D eigenvalue weighted by Gasteiger charge is 2.46. The van der Waals surface area contributed by atoms with Gasteiger partial charge in [0.2, 0.25) is 5.91 Å². The molecule has 2 heterocycles. The van der Waals surface area contributed by atoms with Crippen LogP contribution in [-0.4, -0.2) is 61.4 Å². The molecule has 0 aromatic rings. The maximum absolute atomic E-state index is 12.8. The van der Waals surface area contributed by atoms with Crippen molar-refractivity contribution in [1.29, 1.82) is 0 Å². The minimum Gasteiger partial charge on any atom is -0.394 e. The smallest absolute Gasteiger partial charge is 0.230 e. The van der Waals surface area contributed by atoms with Crippen LogP contribution in [0.5, 0.6) is 0 Å². The van der Waals surface area contributed by atoms with Gasteiger partial charge >= 0.3 is 0 Å². The second kappa shape index (κ2) is 5.55. The topological polar surface area (TPSA) is 61.8 Å². The zero-order valence-electron chi connectivity index (χ0n) is 11.3. The first-order valence-corrected chi connectivity index (χ1v) is 6.82. The number of rotatable bonds is 3. The highest BCUT2D eigenvalue weighted by atomic mass is 16.5. The Morgan fingerprint density at radius 3 is 2.94 bits per heavy atom. The summed E-state index contributed by atoms with van der Waals surface area (Å²) in [6, 6.07) is 0. The number of amides is 1. The number of hydrogen-bond acceptors (Lipinski definition) is 4. The van der Waals surface area contributed by atoms with Gasteiger partial charge in [-0.1, -0.05) is 13.8 Å². The number of carbonyl (C=O) groups is 1. The van der Waals surface area contributed by atoms with E-state index in [0.717, 1.165) is 19.5 Å². The maximum atomic E-state index is 12.8. The number of nitrogens with one attached hydrogen (secondary N) is 1. The van der Waals surface area contributed by atoms with Gasteiger partial charge in [0.15, 0.2) is 0 Å². The third-order valence-electron chi connectivity index (χ3n) is 4.35. The van der Waals surface area contributed by atoms with Crippen molar-refractivity contribution in [2.24, 2.45) is 11.3 Å². The number of aliphatic hydroxyl groups excluding tert-OH is 1. The van der Waals surface area contributed by atoms with Crippen molar-refractivity contribution < 1.29 is 14.6 Å². The summed E-state index contributed by atoms with van der Waals surface area (Å²) in [5.41, 5.74) is -0.267. The normalized spacial score (nSPS) is 33.1. The minimum atomic E-state index is -0.267. The van der Waals surface area contributed by atoms with E-state index in [4.69, 9.17) is 9.84 Å². The Morgan fingerprint density at radius 1 is 1.61 bits per heavy atom. The molecule has 2 unspecified atom stereocenters. The predicted molar refractivity (Wildman–Crippen MR) is 68.2 cm³/mol. The molecule has 0 aliphatic carbocycles. The standard InChI is InChI=1S/C13H24N2O3/c1-10(2)13(3-4-14-9-13)12(17)15-5-6-18-11(7-15)8-16/h10-11,14,16H,3-9H2,1-2H3. The van der Waals surface area contributed by atoms with E-state index in [0.29, 0.717) is 25.6 Å². The lowest BCUT2D eigenvalue weighted by atomic mass is 9.75. The molecule has 2 fully saturated rings. The molecule has 0 radical (unpaired) electrons. The number of morpholine rings is 1. The average molecular weight is 256 g/mol. The van der Waals surface area contributed by atoms with Crippen LogP contribution in [0.1, 0.15) is 20.3 Å². The Labute approximate surface area is 108 Å². The predicted octanol–water partition coefficient (Wildman–Crippen LogP) is -0.158. The van der Waals surface area contributed by atoms with Crippen LogP contribution in [-0.2, 0) is 9.53 Å². The van der Waals surface area contributed by atoms with Gasteiger partial charge in [0.1, 0.15) is 0 Å². The van der Waals surface area contributed by atoms with Gasteiger partial charge in [0, 0.05) is 19.6 Å². The van der Waals surface area contributed by atoms with Crippen molar-refractivity contribution in [2.45, 2.75) is 26.4 Å². The summed E-state index contributed by atoms with van der Waals surface area (Å²) in [7, 11) is 0. The van der Waals surface area contributed by atoms with Gasteiger partial charge in [-0.2, -0.15) is 0 Å². The lowest BCUT2D eigenvalue weighted by Gasteiger charge is -2.40. The molecule has 1 amide bonds. The van der Waals surface area contributed by atoms with Crippen LogP contribution in [0.15, 0.2) is 0 Å². The fraction of sp³-hybridized carbons (Fsp3) is 0.923. The molecular formula is C13H24N2O3. The van der Waals surface area contributed by atoms with Crippen molar-refractivity contribution in [3.05, 3.63) is 0 Å². The fourth-order valence-electron chi connectivity index (χ4n) is 2.96. The molecule has 18 heavy (non-hydrogen) atoms. The number of carbonyl (C=O) groups excluding carboxylic acids is 1. The molecule has 2 saturated heterocycles. The van der Waals surface area contributed by atoms with Gasteiger partial charge < -0.3 is 20.1 Å². The van der Waals surface area contributed by atoms with Crippen LogP contribution in [0.3, 0.4) is 0 Å². The van der Waals surface area contributed by atoms with E-state index in [2.05, 4.69) is 19.2 Å². The van der Waals surface area contributed by atoms with E-state index in [1.54, 1.807) is 0 Å². The van der Waals surface area contributed by atoms with Crippen LogP contribution in [0.4, 0.5) is 0 Å². The Bertz CT molecular complexity index is 301. The average Bonchev–Trinajstić information content (AvgIpc) is 2.88. The van der Waals surface area contributed by atoms with Gasteiger partial charge in [0.05, 0.1) is 24.7 Å². The maximum Gasteiger partial charge on any atom is 0.230 e. The minimum absolute atomic E-state index is 0.0172. The number of aliphatic hydroxyl groups is 1. The monoisotopic (exact) mass is 256 g/mol. The Hall–Kier alpha value is -0.650. The molecular weight excluding hydrogens is 232 g/mol. The highest BCUT2D eigenvalue weighted by molar-refractivity contribution is 5.84. The van der Waals surface area contributed by atoms with Crippen molar-refractivity contribution in [3.8, 4) is 0 Å². The summed E-state index contributed by atoms with van der Waals surface area (Å²) in [5, 5.41) is 12.5. The van der Waals surface area contributed by atoms with E-state index >= 15 is 0 Å². The number of ether oxygens (including phenoxy) is 1. The van der Waals surface area contributed by atoms with Crippen LogP contribution >= 0.6 is 0 Å². The molecule has 0 aromatic heterocycles. The van der Waals surface area contributed by atoms with E-state index in [9.17, 15) is 4.79 Å². The molecule has 0 saturated carbocycles. The van der Waals surface area contributed by atoms with Gasteiger partial charge in [-0.25, -0.2) is 0 Å². The summed E-state index contributed by atoms with van der Waals surface area (Å²) in [5.74, 6) is 0.555. The molecule has 0 spiro atoms. The third-order valence-corrected chi connectivity index (χ3v) is 4.35. The van der Waals surface area contributed by atoms with E-state index in [1.165, 1.54) is 0 Å². The largest absolute Gasteiger partial charge is 0.394 e. The fourth-order valence-corrected chi connectivity index (χ4v) is 2.96. The van der Waals surface area contributed by atoms with Crippen LogP contribution < -0.4 is 5.32 Å². The molecule has 2 aliphatic heterocycles. The summed E-state index contributed by atoms with van der Waals surface area (Å²) in [6.07, 6.45) is 0.686. The van der Waals surface area contributed by atoms with Gasteiger partial charge in [-0.05, 0) is 18.9 Å². The van der Waals surface area contributed by atoms with Crippen LogP contribution in [0, 0.1) is 11.3 Å². The van der Waals surface area contributed by atoms with Crippen molar-refractivity contribution >= 4 is 5.91 Å². The van der Waals surface area contributed by atoms with Crippen molar-refractivity contribution in [1.82, 2.24) is 10.2 Å². The second-order valence-electron chi connectivity index (χ2n) is 5.66. The van der Waals surface area contributed by atoms with E-state index in [1.807, 2.05) is 4.90 Å². The zero-order valence-corrected chi connectivity index (χ0v) is 11.3. The molecule has 5 heteroatoms. The molecule has 2 N–H and O–H groups in total. The summed E-state index contributed by atoms with van der Waals surface area (Å²) in [4.78, 5) is 14.6. The molecule has 2 rings (SSSR count). The van der Waals surface area contributed by atoms with E-state index < -0.39 is 0 Å². The lowest BCUT2D eigenvalue weighted by Crippen LogP contribution is -2.54. The SMILES string of the molecule is CC(C)C1(C(=O)N2CCOC(CO)C2)CCNC1. The summed E-state index contributed by atoms with van der Waals surface area (Å²) >= 11 is 0. The number of nitrogens with zero attached hydrogens (tertiary/aromatic N) is 1. The van der Waals surface area contributed by atoms with Gasteiger partial charge in [0.25, 0.3) is 0 Å². The zero-order chi connectivity index (χ0) is 13.2. The van der Waals surface area contributed by atoms with Crippen molar-refractivity contribution in [3.63, 3.8) is 0 Å². The van der Waals surface area contributed by atoms with Crippen LogP contribution in [0.2, 0.25) is 0 Å². The van der Waals surface area contributed by atoms with Crippen LogP contribution in [0.25, 0.3) is 0 Å². The molecule has 2 aliphatic rings. The molecule has 2 atom stereocenters. The second-order valence-corrected chi connectivity index (χ2v) is 5.66. The molecule has 0 bridgehead atoms. The quantitative estimate of drug-likeness (QED) is 0.737. The Morgan fingerprint density at radius 2 is 2.39 bits per heavy atom. The lowest BCUT2D eigenvalue weighted by molar-refractivity contribution is -0.152. The van der Waals surface area contributed by atoms with Gasteiger partial charge in [-0.15, -0.1) is 0 Å². The summed E-state index contributed by atoms with van der Waals surface area (Å²) < 4.78 is 5.40.